The van der Waals surface area contributed by atoms with Gasteiger partial charge in [-0.3, -0.25) is 9.59 Å². The molecule has 0 bridgehead atoms. The van der Waals surface area contributed by atoms with Crippen molar-refractivity contribution in [3.05, 3.63) is 77.8 Å². The van der Waals surface area contributed by atoms with Crippen LogP contribution in [-0.4, -0.2) is 21.4 Å². The number of aromatic nitrogens is 2. The summed E-state index contributed by atoms with van der Waals surface area (Å²) < 4.78 is 1.82. The highest BCUT2D eigenvalue weighted by Crippen LogP contribution is 2.23. The number of para-hydroxylation sites is 2. The van der Waals surface area contributed by atoms with Gasteiger partial charge in [0.05, 0.1) is 30.2 Å². The first-order valence-electron chi connectivity index (χ1n) is 8.42. The fraction of sp³-hybridized carbons (Fsp3) is 0.150. The third kappa shape index (κ3) is 4.95. The number of rotatable bonds is 6. The first kappa shape index (κ1) is 18.7. The van der Waals surface area contributed by atoms with E-state index in [2.05, 4.69) is 15.6 Å². The van der Waals surface area contributed by atoms with E-state index < -0.39 is 6.04 Å². The molecule has 2 N–H and O–H groups in total. The Morgan fingerprint density at radius 3 is 2.56 bits per heavy atom. The Labute approximate surface area is 162 Å². The highest BCUT2D eigenvalue weighted by molar-refractivity contribution is 6.30. The Hall–Kier alpha value is -3.12. The molecule has 138 valence electrons. The fourth-order valence-electron chi connectivity index (χ4n) is 2.79. The molecule has 1 atom stereocenters. The molecule has 0 fully saturated rings. The maximum absolute atomic E-state index is 12.7. The molecule has 2 aromatic carbocycles. The largest absolute Gasteiger partial charge is 0.349 e. The van der Waals surface area contributed by atoms with Crippen molar-refractivity contribution in [2.24, 2.45) is 0 Å². The summed E-state index contributed by atoms with van der Waals surface area (Å²) >= 11 is 5.93. The molecule has 1 heterocycles. The summed E-state index contributed by atoms with van der Waals surface area (Å²) in [6.45, 7) is 1.43. The minimum Gasteiger partial charge on any atom is -0.349 e. The van der Waals surface area contributed by atoms with Crippen molar-refractivity contribution < 1.29 is 9.59 Å². The number of carbonyl (C=O) groups excluding carboxylic acids is 2. The van der Waals surface area contributed by atoms with Crippen molar-refractivity contribution >= 4 is 29.1 Å². The molecule has 3 rings (SSSR count). The van der Waals surface area contributed by atoms with Crippen molar-refractivity contribution in [2.75, 3.05) is 5.32 Å². The number of nitrogens with one attached hydrogen (secondary N) is 2. The first-order valence-corrected chi connectivity index (χ1v) is 8.80. The zero-order chi connectivity index (χ0) is 19.2. The third-order valence-electron chi connectivity index (χ3n) is 4.00. The minimum atomic E-state index is -0.444. The van der Waals surface area contributed by atoms with Gasteiger partial charge in [-0.1, -0.05) is 35.9 Å². The number of carbonyl (C=O) groups is 2. The number of anilines is 1. The number of nitrogens with zero attached hydrogens (tertiary/aromatic N) is 2. The van der Waals surface area contributed by atoms with E-state index in [-0.39, 0.29) is 18.2 Å². The van der Waals surface area contributed by atoms with Crippen LogP contribution in [0.4, 0.5) is 5.69 Å². The molecule has 0 radical (unpaired) electrons. The van der Waals surface area contributed by atoms with Gasteiger partial charge in [0.15, 0.2) is 0 Å². The maximum atomic E-state index is 12.7. The Balaban J connectivity index is 1.77. The number of hydrogen-bond acceptors (Lipinski definition) is 3. The number of benzene rings is 2. The number of hydrogen-bond donors (Lipinski definition) is 2. The van der Waals surface area contributed by atoms with Crippen molar-refractivity contribution in [3.8, 4) is 5.69 Å². The zero-order valence-electron chi connectivity index (χ0n) is 14.7. The van der Waals surface area contributed by atoms with Gasteiger partial charge in [-0.05, 0) is 29.8 Å². The SMILES string of the molecule is CC(=O)NC(CC(=O)Nc1ccccc1-n1ccnc1)c1ccc(Cl)cc1. The van der Waals surface area contributed by atoms with Gasteiger partial charge in [-0.2, -0.15) is 0 Å². The quantitative estimate of drug-likeness (QED) is 0.682. The van der Waals surface area contributed by atoms with E-state index in [9.17, 15) is 9.59 Å². The summed E-state index contributed by atoms with van der Waals surface area (Å²) in [5.74, 6) is -0.419. The highest BCUT2D eigenvalue weighted by atomic mass is 35.5. The molecule has 0 aliphatic rings. The second-order valence-corrected chi connectivity index (χ2v) is 6.48. The summed E-state index contributed by atoms with van der Waals surface area (Å²) in [5, 5.41) is 6.33. The van der Waals surface area contributed by atoms with Gasteiger partial charge in [0.1, 0.15) is 0 Å². The van der Waals surface area contributed by atoms with Crippen molar-refractivity contribution in [3.63, 3.8) is 0 Å². The molecule has 0 aliphatic carbocycles. The summed E-state index contributed by atoms with van der Waals surface area (Å²) in [4.78, 5) is 28.3. The van der Waals surface area contributed by atoms with E-state index in [4.69, 9.17) is 11.6 Å². The summed E-state index contributed by atoms with van der Waals surface area (Å²) in [7, 11) is 0. The van der Waals surface area contributed by atoms with Gasteiger partial charge < -0.3 is 15.2 Å². The van der Waals surface area contributed by atoms with Gasteiger partial charge in [0.2, 0.25) is 11.8 Å². The third-order valence-corrected chi connectivity index (χ3v) is 4.25. The van der Waals surface area contributed by atoms with E-state index in [1.165, 1.54) is 6.92 Å². The normalized spacial score (nSPS) is 11.6. The van der Waals surface area contributed by atoms with Crippen LogP contribution in [0.2, 0.25) is 5.02 Å². The van der Waals surface area contributed by atoms with Gasteiger partial charge in [0, 0.05) is 24.3 Å². The Morgan fingerprint density at radius 2 is 1.89 bits per heavy atom. The van der Waals surface area contributed by atoms with Gasteiger partial charge in [0.25, 0.3) is 0 Å². The Bertz CT molecular complexity index is 923. The van der Waals surface area contributed by atoms with Gasteiger partial charge in [-0.25, -0.2) is 4.98 Å². The molecular formula is C20H19ClN4O2. The number of amides is 2. The topological polar surface area (TPSA) is 76.0 Å². The lowest BCUT2D eigenvalue weighted by Gasteiger charge is -2.19. The second kappa shape index (κ2) is 8.51. The van der Waals surface area contributed by atoms with Crippen LogP contribution >= 0.6 is 11.6 Å². The van der Waals surface area contributed by atoms with Crippen LogP contribution in [0.1, 0.15) is 24.9 Å². The fourth-order valence-corrected chi connectivity index (χ4v) is 2.91. The molecule has 2 amide bonds. The van der Waals surface area contributed by atoms with E-state index in [1.54, 1.807) is 43.0 Å². The van der Waals surface area contributed by atoms with Gasteiger partial charge >= 0.3 is 0 Å². The summed E-state index contributed by atoms with van der Waals surface area (Å²) in [6.07, 6.45) is 5.24. The van der Waals surface area contributed by atoms with Crippen LogP contribution < -0.4 is 10.6 Å². The van der Waals surface area contributed by atoms with Crippen LogP contribution in [0.25, 0.3) is 5.69 Å². The molecule has 0 saturated carbocycles. The van der Waals surface area contributed by atoms with Crippen LogP contribution in [0.3, 0.4) is 0 Å². The van der Waals surface area contributed by atoms with Gasteiger partial charge in [-0.15, -0.1) is 0 Å². The lowest BCUT2D eigenvalue weighted by atomic mass is 10.0. The minimum absolute atomic E-state index is 0.0967. The molecule has 27 heavy (non-hydrogen) atoms. The predicted molar refractivity (Wildman–Crippen MR) is 105 cm³/mol. The van der Waals surface area contributed by atoms with E-state index >= 15 is 0 Å². The maximum Gasteiger partial charge on any atom is 0.226 e. The van der Waals surface area contributed by atoms with E-state index in [0.717, 1.165) is 11.3 Å². The lowest BCUT2D eigenvalue weighted by Crippen LogP contribution is -2.29. The number of halogens is 1. The van der Waals surface area contributed by atoms with Crippen molar-refractivity contribution in [2.45, 2.75) is 19.4 Å². The molecule has 1 aromatic heterocycles. The second-order valence-electron chi connectivity index (χ2n) is 6.04. The van der Waals surface area contributed by atoms with Crippen LogP contribution in [-0.2, 0) is 9.59 Å². The Morgan fingerprint density at radius 1 is 1.15 bits per heavy atom. The lowest BCUT2D eigenvalue weighted by molar-refractivity contribution is -0.120. The average molecular weight is 383 g/mol. The van der Waals surface area contributed by atoms with E-state index in [0.29, 0.717) is 10.7 Å². The summed E-state index contributed by atoms with van der Waals surface area (Å²) in [6, 6.07) is 14.1. The molecule has 0 spiro atoms. The zero-order valence-corrected chi connectivity index (χ0v) is 15.5. The first-order chi connectivity index (χ1) is 13.0. The average Bonchev–Trinajstić information content (AvgIpc) is 3.16. The molecule has 7 heteroatoms. The van der Waals surface area contributed by atoms with E-state index in [1.807, 2.05) is 28.8 Å². The standard InChI is InChI=1S/C20H19ClN4O2/c1-14(26)23-18(15-6-8-16(21)9-7-15)12-20(27)24-17-4-2-3-5-19(17)25-11-10-22-13-25/h2-11,13,18H,12H2,1H3,(H,23,26)(H,24,27). The molecule has 1 unspecified atom stereocenters. The van der Waals surface area contributed by atoms with Crippen molar-refractivity contribution in [1.82, 2.24) is 14.9 Å². The molecule has 0 saturated heterocycles. The molecule has 0 aliphatic heterocycles. The number of imidazole rings is 1. The van der Waals surface area contributed by atoms with Crippen LogP contribution in [0.15, 0.2) is 67.3 Å². The predicted octanol–water partition coefficient (Wildman–Crippen LogP) is 3.73. The highest BCUT2D eigenvalue weighted by Gasteiger charge is 2.18. The molecular weight excluding hydrogens is 364 g/mol. The van der Waals surface area contributed by atoms with Crippen LogP contribution in [0, 0.1) is 0 Å². The summed E-state index contributed by atoms with van der Waals surface area (Å²) in [5.41, 5.74) is 2.29. The van der Waals surface area contributed by atoms with Crippen molar-refractivity contribution in [1.29, 1.82) is 0 Å². The van der Waals surface area contributed by atoms with Crippen LogP contribution in [0.5, 0.6) is 0 Å². The molecule has 3 aromatic rings. The molecule has 6 nitrogen and oxygen atoms in total. The monoisotopic (exact) mass is 382 g/mol. The smallest absolute Gasteiger partial charge is 0.226 e. The Kier molecular flexibility index (Phi) is 5.88.